The van der Waals surface area contributed by atoms with Crippen LogP contribution in [0.2, 0.25) is 0 Å². The van der Waals surface area contributed by atoms with Gasteiger partial charge in [0.15, 0.2) is 0 Å². The molecule has 4 heteroatoms. The van der Waals surface area contributed by atoms with E-state index in [2.05, 4.69) is 11.8 Å². The molecule has 0 N–H and O–H groups in total. The third-order valence-electron chi connectivity index (χ3n) is 3.03. The standard InChI is InChI=1S/C16H18ClFO2/c17-7-3-1-5-13-9-14(18)11-16(10-13)20-12-15-6-2-4-8-19-15/h9-11,15H,2-4,6-8,12H2. The number of hydrogen-bond donors (Lipinski definition) is 0. The third-order valence-corrected chi connectivity index (χ3v) is 3.22. The fourth-order valence-corrected chi connectivity index (χ4v) is 2.15. The van der Waals surface area contributed by atoms with Gasteiger partial charge >= 0.3 is 0 Å². The van der Waals surface area contributed by atoms with Crippen LogP contribution >= 0.6 is 11.6 Å². The van der Waals surface area contributed by atoms with E-state index in [0.29, 0.717) is 30.2 Å². The topological polar surface area (TPSA) is 18.5 Å². The normalized spacial score (nSPS) is 18.2. The molecule has 1 unspecified atom stereocenters. The van der Waals surface area contributed by atoms with Crippen LogP contribution in [0.4, 0.5) is 4.39 Å². The van der Waals surface area contributed by atoms with E-state index in [1.165, 1.54) is 12.1 Å². The summed E-state index contributed by atoms with van der Waals surface area (Å²) in [4.78, 5) is 0. The van der Waals surface area contributed by atoms with Crippen LogP contribution in [0.3, 0.4) is 0 Å². The summed E-state index contributed by atoms with van der Waals surface area (Å²) < 4.78 is 24.7. The molecule has 1 atom stereocenters. The van der Waals surface area contributed by atoms with Crippen molar-refractivity contribution in [3.8, 4) is 17.6 Å². The molecule has 0 spiro atoms. The van der Waals surface area contributed by atoms with Gasteiger partial charge in [0.05, 0.1) is 6.10 Å². The van der Waals surface area contributed by atoms with Crippen LogP contribution in [0.15, 0.2) is 18.2 Å². The molecule has 2 rings (SSSR count). The van der Waals surface area contributed by atoms with Crippen molar-refractivity contribution >= 4 is 11.6 Å². The summed E-state index contributed by atoms with van der Waals surface area (Å²) in [6, 6.07) is 4.51. The molecule has 0 bridgehead atoms. The van der Waals surface area contributed by atoms with Gasteiger partial charge in [-0.05, 0) is 31.4 Å². The Morgan fingerprint density at radius 1 is 1.35 bits per heavy atom. The molecule has 0 aromatic heterocycles. The molecular weight excluding hydrogens is 279 g/mol. The van der Waals surface area contributed by atoms with Crippen molar-refractivity contribution in [2.24, 2.45) is 0 Å². The Bertz CT molecular complexity index is 487. The maximum Gasteiger partial charge on any atom is 0.128 e. The number of benzene rings is 1. The number of halogens is 2. The van der Waals surface area contributed by atoms with E-state index in [0.717, 1.165) is 25.9 Å². The minimum absolute atomic E-state index is 0.109. The summed E-state index contributed by atoms with van der Waals surface area (Å²) in [5.74, 6) is 6.39. The molecule has 0 aliphatic carbocycles. The first-order chi connectivity index (χ1) is 9.78. The van der Waals surface area contributed by atoms with Crippen molar-refractivity contribution in [1.82, 2.24) is 0 Å². The SMILES string of the molecule is Fc1cc(C#CCCCl)cc(OCC2CCCCO2)c1. The summed E-state index contributed by atoms with van der Waals surface area (Å²) in [5.41, 5.74) is 0.606. The Balaban J connectivity index is 1.95. The van der Waals surface area contributed by atoms with Gasteiger partial charge in [-0.15, -0.1) is 11.6 Å². The van der Waals surface area contributed by atoms with Crippen LogP contribution in [-0.4, -0.2) is 25.2 Å². The molecule has 20 heavy (non-hydrogen) atoms. The van der Waals surface area contributed by atoms with Crippen molar-refractivity contribution in [3.63, 3.8) is 0 Å². The van der Waals surface area contributed by atoms with Gasteiger partial charge in [-0.25, -0.2) is 4.39 Å². The maximum atomic E-state index is 13.5. The molecule has 1 heterocycles. The predicted octanol–water partition coefficient (Wildman–Crippen LogP) is 3.75. The van der Waals surface area contributed by atoms with Crippen LogP contribution in [0, 0.1) is 17.7 Å². The lowest BCUT2D eigenvalue weighted by molar-refractivity contribution is -0.0111. The van der Waals surface area contributed by atoms with Gasteiger partial charge in [0.25, 0.3) is 0 Å². The number of ether oxygens (including phenoxy) is 2. The monoisotopic (exact) mass is 296 g/mol. The Kier molecular flexibility index (Phi) is 6.17. The molecule has 1 aromatic carbocycles. The second-order valence-electron chi connectivity index (χ2n) is 4.72. The van der Waals surface area contributed by atoms with Crippen LogP contribution in [0.5, 0.6) is 5.75 Å². The van der Waals surface area contributed by atoms with Crippen LogP contribution < -0.4 is 4.74 Å². The lowest BCUT2D eigenvalue weighted by Crippen LogP contribution is -2.25. The highest BCUT2D eigenvalue weighted by molar-refractivity contribution is 6.18. The van der Waals surface area contributed by atoms with Crippen molar-refractivity contribution in [2.75, 3.05) is 19.1 Å². The molecule has 1 aromatic rings. The van der Waals surface area contributed by atoms with Gasteiger partial charge in [0, 0.05) is 30.5 Å². The first-order valence-electron chi connectivity index (χ1n) is 6.88. The first kappa shape index (κ1) is 15.2. The number of rotatable bonds is 4. The van der Waals surface area contributed by atoms with Crippen molar-refractivity contribution < 1.29 is 13.9 Å². The fraction of sp³-hybridized carbons (Fsp3) is 0.500. The van der Waals surface area contributed by atoms with Crippen LogP contribution in [0.1, 0.15) is 31.2 Å². The first-order valence-corrected chi connectivity index (χ1v) is 7.41. The van der Waals surface area contributed by atoms with Gasteiger partial charge in [-0.2, -0.15) is 0 Å². The molecule has 2 nitrogen and oxygen atoms in total. The van der Waals surface area contributed by atoms with E-state index in [1.54, 1.807) is 6.07 Å². The quantitative estimate of drug-likeness (QED) is 0.622. The molecule has 1 fully saturated rings. The average Bonchev–Trinajstić information content (AvgIpc) is 2.46. The zero-order chi connectivity index (χ0) is 14.2. The van der Waals surface area contributed by atoms with E-state index in [1.807, 2.05) is 0 Å². The zero-order valence-corrected chi connectivity index (χ0v) is 12.1. The molecule has 0 amide bonds. The molecular formula is C16H18ClFO2. The Morgan fingerprint density at radius 2 is 2.25 bits per heavy atom. The van der Waals surface area contributed by atoms with Gasteiger partial charge in [-0.3, -0.25) is 0 Å². The Morgan fingerprint density at radius 3 is 3.00 bits per heavy atom. The van der Waals surface area contributed by atoms with E-state index >= 15 is 0 Å². The lowest BCUT2D eigenvalue weighted by Gasteiger charge is -2.22. The molecule has 1 saturated heterocycles. The minimum Gasteiger partial charge on any atom is -0.491 e. The second kappa shape index (κ2) is 8.14. The largest absolute Gasteiger partial charge is 0.491 e. The van der Waals surface area contributed by atoms with Gasteiger partial charge in [-0.1, -0.05) is 11.8 Å². The summed E-state index contributed by atoms with van der Waals surface area (Å²) in [6.07, 6.45) is 3.96. The minimum atomic E-state index is -0.345. The number of hydrogen-bond acceptors (Lipinski definition) is 2. The highest BCUT2D eigenvalue weighted by Crippen LogP contribution is 2.18. The summed E-state index contributed by atoms with van der Waals surface area (Å²) in [5, 5.41) is 0. The van der Waals surface area contributed by atoms with E-state index < -0.39 is 0 Å². The van der Waals surface area contributed by atoms with E-state index in [-0.39, 0.29) is 11.9 Å². The van der Waals surface area contributed by atoms with Gasteiger partial charge in [0.2, 0.25) is 0 Å². The molecule has 1 aliphatic rings. The molecule has 0 saturated carbocycles. The van der Waals surface area contributed by atoms with Crippen molar-refractivity contribution in [3.05, 3.63) is 29.6 Å². The smallest absolute Gasteiger partial charge is 0.128 e. The summed E-state index contributed by atoms with van der Waals surface area (Å²) in [6.45, 7) is 1.24. The molecule has 0 radical (unpaired) electrons. The van der Waals surface area contributed by atoms with Crippen molar-refractivity contribution in [2.45, 2.75) is 31.8 Å². The number of alkyl halides is 1. The Labute approximate surface area is 124 Å². The zero-order valence-electron chi connectivity index (χ0n) is 11.3. The van der Waals surface area contributed by atoms with E-state index in [9.17, 15) is 4.39 Å². The van der Waals surface area contributed by atoms with Gasteiger partial charge in [0.1, 0.15) is 18.2 Å². The average molecular weight is 297 g/mol. The van der Waals surface area contributed by atoms with Crippen molar-refractivity contribution in [1.29, 1.82) is 0 Å². The fourth-order valence-electron chi connectivity index (χ4n) is 2.06. The highest BCUT2D eigenvalue weighted by Gasteiger charge is 2.14. The van der Waals surface area contributed by atoms with Crippen LogP contribution in [-0.2, 0) is 4.74 Å². The van der Waals surface area contributed by atoms with E-state index in [4.69, 9.17) is 21.1 Å². The van der Waals surface area contributed by atoms with Gasteiger partial charge < -0.3 is 9.47 Å². The summed E-state index contributed by atoms with van der Waals surface area (Å²) >= 11 is 5.55. The van der Waals surface area contributed by atoms with Crippen LogP contribution in [0.25, 0.3) is 0 Å². The lowest BCUT2D eigenvalue weighted by atomic mass is 10.1. The second-order valence-corrected chi connectivity index (χ2v) is 5.09. The molecule has 108 valence electrons. The highest BCUT2D eigenvalue weighted by atomic mass is 35.5. The molecule has 1 aliphatic heterocycles. The third kappa shape index (κ3) is 5.03. The maximum absolute atomic E-state index is 13.5. The predicted molar refractivity (Wildman–Crippen MR) is 77.7 cm³/mol. The Hall–Kier alpha value is -1.24. The summed E-state index contributed by atoms with van der Waals surface area (Å²) in [7, 11) is 0.